The van der Waals surface area contributed by atoms with E-state index in [1.807, 2.05) is 12.1 Å². The van der Waals surface area contributed by atoms with E-state index in [9.17, 15) is 9.59 Å². The van der Waals surface area contributed by atoms with Gasteiger partial charge in [-0.25, -0.2) is 9.89 Å². The average Bonchev–Trinajstić information content (AvgIpc) is 2.84. The standard InChI is InChI=1S/C22H14Cl2N8O3/c1-10-20(25)31-32(22(34)27-10)13-7-15(23)19(16(24)8-13)35-18-9-14(21(33)30-29-18)12-3-2-11-4-5-26-28-17(11)6-12/h2-9H,1H2,(H2,25,31)(H,27,34)(H,30,33). The molecule has 2 amide bonds. The molecule has 0 saturated heterocycles. The molecule has 0 bridgehead atoms. The van der Waals surface area contributed by atoms with Gasteiger partial charge in [-0.05, 0) is 29.8 Å². The molecule has 0 atom stereocenters. The van der Waals surface area contributed by atoms with Gasteiger partial charge in [-0.2, -0.15) is 15.2 Å². The number of carbonyl (C=O) groups excluding carboxylic acids is 1. The second-order valence-electron chi connectivity index (χ2n) is 7.30. The lowest BCUT2D eigenvalue weighted by atomic mass is 10.1. The molecule has 174 valence electrons. The molecule has 0 unspecified atom stereocenters. The van der Waals surface area contributed by atoms with Gasteiger partial charge in [-0.15, -0.1) is 10.2 Å². The Kier molecular flexibility index (Phi) is 5.55. The van der Waals surface area contributed by atoms with Crippen molar-refractivity contribution in [1.29, 1.82) is 0 Å². The highest BCUT2D eigenvalue weighted by molar-refractivity contribution is 6.37. The number of aromatic amines is 1. The van der Waals surface area contributed by atoms with E-state index in [0.29, 0.717) is 16.6 Å². The minimum Gasteiger partial charge on any atom is -0.434 e. The van der Waals surface area contributed by atoms with Crippen molar-refractivity contribution >= 4 is 51.7 Å². The molecule has 11 nitrogen and oxygen atoms in total. The van der Waals surface area contributed by atoms with Crippen LogP contribution >= 0.6 is 23.2 Å². The van der Waals surface area contributed by atoms with Gasteiger partial charge < -0.3 is 15.8 Å². The van der Waals surface area contributed by atoms with Crippen molar-refractivity contribution in [3.8, 4) is 22.8 Å². The number of amides is 2. The number of nitrogens with two attached hydrogens (primary N) is 1. The number of hydrogen-bond donors (Lipinski definition) is 3. The van der Waals surface area contributed by atoms with Gasteiger partial charge >= 0.3 is 6.03 Å². The van der Waals surface area contributed by atoms with Crippen LogP contribution < -0.4 is 26.4 Å². The molecule has 0 fully saturated rings. The molecule has 2 aromatic carbocycles. The third-order valence-corrected chi connectivity index (χ3v) is 5.57. The number of benzene rings is 2. The third-order valence-electron chi connectivity index (χ3n) is 5.01. The normalized spacial score (nSPS) is 13.5. The number of halogens is 2. The summed E-state index contributed by atoms with van der Waals surface area (Å²) in [5.74, 6) is 0.122. The minimum absolute atomic E-state index is 0.0295. The summed E-state index contributed by atoms with van der Waals surface area (Å²) in [6.07, 6.45) is 1.58. The fourth-order valence-electron chi connectivity index (χ4n) is 3.31. The summed E-state index contributed by atoms with van der Waals surface area (Å²) < 4.78 is 5.79. The zero-order valence-electron chi connectivity index (χ0n) is 17.6. The Morgan fingerprint density at radius 3 is 2.60 bits per heavy atom. The van der Waals surface area contributed by atoms with Gasteiger partial charge in [0, 0.05) is 11.5 Å². The molecule has 1 aliphatic rings. The number of carbonyl (C=O) groups is 1. The molecule has 4 aromatic rings. The summed E-state index contributed by atoms with van der Waals surface area (Å²) in [4.78, 5) is 24.7. The lowest BCUT2D eigenvalue weighted by Crippen LogP contribution is -2.45. The van der Waals surface area contributed by atoms with Crippen molar-refractivity contribution in [2.24, 2.45) is 10.8 Å². The van der Waals surface area contributed by atoms with Gasteiger partial charge in [0.05, 0.1) is 38.7 Å². The van der Waals surface area contributed by atoms with E-state index in [2.05, 4.69) is 37.4 Å². The molecule has 0 saturated carbocycles. The Bertz CT molecular complexity index is 1600. The summed E-state index contributed by atoms with van der Waals surface area (Å²) in [6.45, 7) is 3.59. The number of fused-ring (bicyclic) bond motifs is 1. The van der Waals surface area contributed by atoms with E-state index >= 15 is 0 Å². The van der Waals surface area contributed by atoms with Crippen LogP contribution in [0.5, 0.6) is 11.6 Å². The topological polar surface area (TPSA) is 151 Å². The van der Waals surface area contributed by atoms with Gasteiger partial charge in [0.2, 0.25) is 5.88 Å². The van der Waals surface area contributed by atoms with Crippen LogP contribution in [-0.4, -0.2) is 32.3 Å². The summed E-state index contributed by atoms with van der Waals surface area (Å²) in [5.41, 5.74) is 7.24. The van der Waals surface area contributed by atoms with E-state index in [1.54, 1.807) is 18.3 Å². The lowest BCUT2D eigenvalue weighted by molar-refractivity contribution is 0.248. The number of ether oxygens (including phenoxy) is 1. The lowest BCUT2D eigenvalue weighted by Gasteiger charge is -2.24. The molecule has 5 rings (SSSR count). The quantitative estimate of drug-likeness (QED) is 0.379. The second kappa shape index (κ2) is 8.70. The number of urea groups is 1. The molecule has 0 spiro atoms. The number of nitrogens with zero attached hydrogens (tertiary/aromatic N) is 5. The maximum absolute atomic E-state index is 12.5. The molecule has 3 heterocycles. The van der Waals surface area contributed by atoms with Gasteiger partial charge in [-0.3, -0.25) is 4.79 Å². The predicted molar refractivity (Wildman–Crippen MR) is 132 cm³/mol. The van der Waals surface area contributed by atoms with Crippen molar-refractivity contribution in [2.75, 3.05) is 5.01 Å². The fourth-order valence-corrected chi connectivity index (χ4v) is 3.86. The summed E-state index contributed by atoms with van der Waals surface area (Å²) in [5, 5.41) is 22.7. The Morgan fingerprint density at radius 1 is 1.06 bits per heavy atom. The van der Waals surface area contributed by atoms with Crippen LogP contribution in [0, 0.1) is 0 Å². The number of rotatable bonds is 4. The Hall–Kier alpha value is -4.48. The van der Waals surface area contributed by atoms with E-state index in [0.717, 1.165) is 10.4 Å². The molecule has 35 heavy (non-hydrogen) atoms. The maximum atomic E-state index is 12.5. The largest absolute Gasteiger partial charge is 0.434 e. The van der Waals surface area contributed by atoms with Crippen LogP contribution in [-0.2, 0) is 0 Å². The van der Waals surface area contributed by atoms with E-state index in [-0.39, 0.29) is 38.9 Å². The highest BCUT2D eigenvalue weighted by Crippen LogP contribution is 2.40. The van der Waals surface area contributed by atoms with E-state index in [1.165, 1.54) is 18.2 Å². The SMILES string of the molecule is C=C1NC(=O)N(c2cc(Cl)c(Oc3cc(-c4ccc5ccnnc5c4)c(=O)[nH]n3)c(Cl)c2)N=C1N. The zero-order chi connectivity index (χ0) is 24.7. The van der Waals surface area contributed by atoms with Gasteiger partial charge in [0.25, 0.3) is 5.56 Å². The third kappa shape index (κ3) is 4.25. The smallest absolute Gasteiger partial charge is 0.347 e. The molecule has 4 N–H and O–H groups in total. The molecule has 13 heteroatoms. The van der Waals surface area contributed by atoms with Crippen molar-refractivity contribution in [3.63, 3.8) is 0 Å². The predicted octanol–water partition coefficient (Wildman–Crippen LogP) is 3.79. The maximum Gasteiger partial charge on any atom is 0.347 e. The van der Waals surface area contributed by atoms with Gasteiger partial charge in [0.1, 0.15) is 0 Å². The van der Waals surface area contributed by atoms with Crippen molar-refractivity contribution in [1.82, 2.24) is 25.7 Å². The van der Waals surface area contributed by atoms with Crippen LogP contribution in [0.15, 0.2) is 70.8 Å². The van der Waals surface area contributed by atoms with Gasteiger partial charge in [-0.1, -0.05) is 41.9 Å². The molecule has 2 aromatic heterocycles. The van der Waals surface area contributed by atoms with Gasteiger partial charge in [0.15, 0.2) is 11.6 Å². The number of hydrogen-bond acceptors (Lipinski definition) is 8. The van der Waals surface area contributed by atoms with Crippen molar-refractivity contribution in [2.45, 2.75) is 0 Å². The number of amidine groups is 1. The van der Waals surface area contributed by atoms with Crippen LogP contribution in [0.3, 0.4) is 0 Å². The first-order chi connectivity index (χ1) is 16.8. The summed E-state index contributed by atoms with van der Waals surface area (Å²) in [7, 11) is 0. The Labute approximate surface area is 206 Å². The average molecular weight is 509 g/mol. The number of hydrazone groups is 1. The molecular weight excluding hydrogens is 495 g/mol. The second-order valence-corrected chi connectivity index (χ2v) is 8.11. The minimum atomic E-state index is -0.586. The molecule has 0 radical (unpaired) electrons. The van der Waals surface area contributed by atoms with Crippen LogP contribution in [0.1, 0.15) is 0 Å². The van der Waals surface area contributed by atoms with Crippen LogP contribution in [0.2, 0.25) is 10.0 Å². The van der Waals surface area contributed by atoms with Crippen molar-refractivity contribution in [3.05, 3.63) is 81.3 Å². The highest BCUT2D eigenvalue weighted by atomic mass is 35.5. The van der Waals surface area contributed by atoms with Crippen molar-refractivity contribution < 1.29 is 9.53 Å². The van der Waals surface area contributed by atoms with Crippen LogP contribution in [0.25, 0.3) is 22.0 Å². The summed E-state index contributed by atoms with van der Waals surface area (Å²) >= 11 is 12.8. The number of nitrogens with one attached hydrogen (secondary N) is 2. The first-order valence-electron chi connectivity index (χ1n) is 9.93. The monoisotopic (exact) mass is 508 g/mol. The summed E-state index contributed by atoms with van der Waals surface area (Å²) in [6, 6.07) is 10.8. The van der Waals surface area contributed by atoms with E-state index in [4.69, 9.17) is 33.7 Å². The fraction of sp³-hybridized carbons (Fsp3) is 0. The number of H-pyrrole nitrogens is 1. The molecular formula is C22H14Cl2N8O3. The zero-order valence-corrected chi connectivity index (χ0v) is 19.1. The van der Waals surface area contributed by atoms with E-state index < -0.39 is 11.6 Å². The number of anilines is 1. The number of aromatic nitrogens is 4. The first kappa shape index (κ1) is 22.3. The highest BCUT2D eigenvalue weighted by Gasteiger charge is 2.25. The Balaban J connectivity index is 1.48. The van der Waals surface area contributed by atoms with Crippen LogP contribution in [0.4, 0.5) is 10.5 Å². The Morgan fingerprint density at radius 2 is 1.83 bits per heavy atom. The molecule has 1 aliphatic heterocycles. The first-order valence-corrected chi connectivity index (χ1v) is 10.7. The molecule has 0 aliphatic carbocycles.